The molecular weight excluding hydrogens is 899 g/mol. The number of fused-ring (bicyclic) bond motifs is 12. The molecule has 6 aromatic rings. The van der Waals surface area contributed by atoms with Crippen LogP contribution in [0.15, 0.2) is 155 Å². The van der Waals surface area contributed by atoms with Gasteiger partial charge in [-0.05, 0) is 61.1 Å². The van der Waals surface area contributed by atoms with Crippen molar-refractivity contribution >= 4 is 11.8 Å². The third-order valence-corrected chi connectivity index (χ3v) is 13.6. The smallest absolute Gasteiger partial charge is 0.278 e. The van der Waals surface area contributed by atoms with Gasteiger partial charge in [-0.3, -0.25) is 38.5 Å². The van der Waals surface area contributed by atoms with E-state index in [0.29, 0.717) is 11.1 Å². The number of para-hydroxylation sites is 2. The minimum absolute atomic E-state index is 0. The summed E-state index contributed by atoms with van der Waals surface area (Å²) in [6.45, 7) is 0.645. The maximum absolute atomic E-state index is 15.1. The van der Waals surface area contributed by atoms with Gasteiger partial charge in [-0.15, -0.1) is 0 Å². The van der Waals surface area contributed by atoms with Gasteiger partial charge in [0.2, 0.25) is 10.9 Å². The van der Waals surface area contributed by atoms with E-state index in [9.17, 15) is 29.4 Å². The number of carbonyl (C=O) groups excluding carboxylic acids is 2. The maximum atomic E-state index is 15.1. The Morgan fingerprint density at radius 3 is 1.27 bits per heavy atom. The molecule has 0 radical (unpaired) electrons. The second-order valence-electron chi connectivity index (χ2n) is 17.6. The normalized spacial score (nSPS) is 20.6. The third-order valence-electron chi connectivity index (χ3n) is 13.6. The fourth-order valence-electron chi connectivity index (χ4n) is 9.96. The number of halogens is 2. The molecule has 4 bridgehead atoms. The van der Waals surface area contributed by atoms with Gasteiger partial charge in [0.25, 0.3) is 11.8 Å². The monoisotopic (exact) mass is 950 g/mol. The first-order chi connectivity index (χ1) is 33.0. The molecular formula is C54H52F2N6O8. The highest BCUT2D eigenvalue weighted by Gasteiger charge is 2.54. The molecule has 0 unspecified atom stereocenters. The van der Waals surface area contributed by atoms with Crippen LogP contribution in [-0.2, 0) is 0 Å². The summed E-state index contributed by atoms with van der Waals surface area (Å²) in [5.74, 6) is -2.75. The summed E-state index contributed by atoms with van der Waals surface area (Å²) in [7, 11) is 0. The van der Waals surface area contributed by atoms with Crippen molar-refractivity contribution in [3.05, 3.63) is 212 Å². The fraction of sp³-hybridized carbons (Fsp3) is 0.259. The molecule has 6 aliphatic rings. The Morgan fingerprint density at radius 2 is 0.900 bits per heavy atom. The summed E-state index contributed by atoms with van der Waals surface area (Å²) in [6.07, 6.45) is 13.4. The van der Waals surface area contributed by atoms with Crippen LogP contribution in [-0.4, -0.2) is 78.8 Å². The summed E-state index contributed by atoms with van der Waals surface area (Å²) in [4.78, 5) is 55.2. The van der Waals surface area contributed by atoms with Crippen molar-refractivity contribution in [2.24, 2.45) is 0 Å². The van der Waals surface area contributed by atoms with Crippen molar-refractivity contribution in [3.8, 4) is 23.0 Å². The highest BCUT2D eigenvalue weighted by atomic mass is 19.1. The Bertz CT molecular complexity index is 2970. The first-order valence-corrected chi connectivity index (χ1v) is 22.3. The molecule has 360 valence electrons. The summed E-state index contributed by atoms with van der Waals surface area (Å²) in [6, 6.07) is 29.9. The van der Waals surface area contributed by atoms with Gasteiger partial charge in [-0.1, -0.05) is 112 Å². The molecule has 2 N–H and O–H groups in total. The molecule has 16 heteroatoms. The topological polar surface area (TPSA) is 150 Å². The number of benzene rings is 4. The van der Waals surface area contributed by atoms with Gasteiger partial charge < -0.3 is 29.5 Å². The number of amides is 2. The molecule has 2 spiro atoms. The van der Waals surface area contributed by atoms with Gasteiger partial charge >= 0.3 is 0 Å². The number of ether oxygens (including phenoxy) is 2. The lowest BCUT2D eigenvalue weighted by atomic mass is 9.96. The molecule has 2 saturated carbocycles. The SMILES string of the molecule is C.C.O=C1c2c(O)c(=O)ccn2N2CN1C1(/C=C/COc3c(F)cccc3[C@@H]2c2ccccc2)CC1.O=C1c2c(O)c(=O)ccn2N2CN1C1(/C=C/COc3c(F)cccc3[C@H]2c2ccccc2)CC1. The molecule has 6 heterocycles. The minimum Gasteiger partial charge on any atom is -0.502 e. The lowest BCUT2D eigenvalue weighted by Gasteiger charge is -2.46. The third kappa shape index (κ3) is 7.72. The minimum atomic E-state index is -0.628. The lowest BCUT2D eigenvalue weighted by molar-refractivity contribution is 0.0597. The molecule has 2 aromatic heterocycles. The van der Waals surface area contributed by atoms with Gasteiger partial charge in [0, 0.05) is 35.7 Å². The largest absolute Gasteiger partial charge is 0.502 e. The van der Waals surface area contributed by atoms with Crippen LogP contribution in [0.2, 0.25) is 0 Å². The van der Waals surface area contributed by atoms with Crippen molar-refractivity contribution in [2.75, 3.05) is 36.6 Å². The van der Waals surface area contributed by atoms with Crippen LogP contribution in [0.25, 0.3) is 0 Å². The van der Waals surface area contributed by atoms with Gasteiger partial charge in [0.1, 0.15) is 38.6 Å². The van der Waals surface area contributed by atoms with Crippen LogP contribution in [0.1, 0.15) is 95.9 Å². The number of aromatic hydroxyl groups is 2. The zero-order valence-electron chi connectivity index (χ0n) is 36.5. The van der Waals surface area contributed by atoms with Gasteiger partial charge in [0.15, 0.2) is 46.0 Å². The summed E-state index contributed by atoms with van der Waals surface area (Å²) in [5, 5.41) is 25.1. The number of aromatic nitrogens is 2. The van der Waals surface area contributed by atoms with Crippen molar-refractivity contribution in [1.29, 1.82) is 0 Å². The molecule has 4 aromatic carbocycles. The number of hydrogen-bond donors (Lipinski definition) is 2. The average molecular weight is 951 g/mol. The highest BCUT2D eigenvalue weighted by Crippen LogP contribution is 2.49. The molecule has 2 fully saturated rings. The van der Waals surface area contributed by atoms with E-state index in [1.165, 1.54) is 46.0 Å². The summed E-state index contributed by atoms with van der Waals surface area (Å²) in [5.41, 5.74) is 0.289. The lowest BCUT2D eigenvalue weighted by Crippen LogP contribution is -2.58. The van der Waals surface area contributed by atoms with E-state index in [0.717, 1.165) is 36.8 Å². The van der Waals surface area contributed by atoms with E-state index >= 15 is 8.78 Å². The average Bonchev–Trinajstić information content (AvgIpc) is 4.30. The Kier molecular flexibility index (Phi) is 12.1. The predicted molar refractivity (Wildman–Crippen MR) is 259 cm³/mol. The van der Waals surface area contributed by atoms with Crippen LogP contribution in [0.5, 0.6) is 23.0 Å². The molecule has 2 atom stereocenters. The Morgan fingerprint density at radius 1 is 0.514 bits per heavy atom. The Hall–Kier alpha value is -8.14. The Labute approximate surface area is 402 Å². The zero-order chi connectivity index (χ0) is 46.9. The zero-order valence-corrected chi connectivity index (χ0v) is 36.5. The highest BCUT2D eigenvalue weighted by molar-refractivity contribution is 5.98. The molecule has 4 aliphatic heterocycles. The number of pyridine rings is 2. The van der Waals surface area contributed by atoms with Crippen molar-refractivity contribution < 1.29 is 38.1 Å². The van der Waals surface area contributed by atoms with Crippen molar-refractivity contribution in [1.82, 2.24) is 19.2 Å². The number of hydrogen-bond acceptors (Lipinski definition) is 10. The first-order valence-electron chi connectivity index (χ1n) is 22.3. The van der Waals surface area contributed by atoms with Crippen LogP contribution in [0, 0.1) is 11.6 Å². The van der Waals surface area contributed by atoms with Crippen LogP contribution in [0.4, 0.5) is 8.78 Å². The van der Waals surface area contributed by atoms with E-state index < -0.39 is 69.0 Å². The standard InChI is InChI=1S/2C26H22FN3O4.2CH4/c2*27-19-9-4-8-18-21(17-6-2-1-3-7-17)30-16-28(26(12-13-26)11-5-15-34-24(18)19)25(33)22-23(32)20(31)10-14-29(22)30;;/h2*1-11,14,21,32H,12-13,15-16H2;2*1H4/b2*11-5+;;/t2*21-;;/m10../s1. The van der Waals surface area contributed by atoms with Gasteiger partial charge in [-0.25, -0.2) is 8.78 Å². The quantitative estimate of drug-likeness (QED) is 0.164. The maximum Gasteiger partial charge on any atom is 0.278 e. The van der Waals surface area contributed by atoms with E-state index in [1.54, 1.807) is 46.2 Å². The van der Waals surface area contributed by atoms with Crippen LogP contribution >= 0.6 is 0 Å². The molecule has 2 amide bonds. The van der Waals surface area contributed by atoms with Gasteiger partial charge in [-0.2, -0.15) is 0 Å². The first kappa shape index (κ1) is 46.9. The van der Waals surface area contributed by atoms with E-state index in [2.05, 4.69) is 0 Å². The molecule has 2 aliphatic carbocycles. The number of nitrogens with zero attached hydrogens (tertiary/aromatic N) is 6. The van der Waals surface area contributed by atoms with E-state index in [-0.39, 0.29) is 64.3 Å². The predicted octanol–water partition coefficient (Wildman–Crippen LogP) is 7.90. The molecule has 14 nitrogen and oxygen atoms in total. The molecule has 0 saturated heterocycles. The van der Waals surface area contributed by atoms with Crippen LogP contribution in [0.3, 0.4) is 0 Å². The summed E-state index contributed by atoms with van der Waals surface area (Å²) < 4.78 is 45.0. The van der Waals surface area contributed by atoms with Crippen molar-refractivity contribution in [2.45, 2.75) is 63.7 Å². The molecule has 70 heavy (non-hydrogen) atoms. The van der Waals surface area contributed by atoms with E-state index in [4.69, 9.17) is 9.47 Å². The number of rotatable bonds is 2. The van der Waals surface area contributed by atoms with Crippen molar-refractivity contribution in [3.63, 3.8) is 0 Å². The summed E-state index contributed by atoms with van der Waals surface area (Å²) >= 11 is 0. The fourth-order valence-corrected chi connectivity index (χ4v) is 9.96. The van der Waals surface area contributed by atoms with E-state index in [1.807, 2.05) is 82.8 Å². The second-order valence-corrected chi connectivity index (χ2v) is 17.6. The molecule has 12 rings (SSSR count). The number of carbonyl (C=O) groups is 2. The Balaban J connectivity index is 0.000000169. The second kappa shape index (κ2) is 18.1. The van der Waals surface area contributed by atoms with Crippen LogP contribution < -0.4 is 30.3 Å². The van der Waals surface area contributed by atoms with Gasteiger partial charge in [0.05, 0.1) is 11.1 Å².